The highest BCUT2D eigenvalue weighted by Crippen LogP contribution is 2.01. The third kappa shape index (κ3) is 11.9. The first-order valence-corrected chi connectivity index (χ1v) is 11.2. The molecule has 2 atom stereocenters. The van der Waals surface area contributed by atoms with Crippen molar-refractivity contribution in [2.24, 2.45) is 5.73 Å². The van der Waals surface area contributed by atoms with Crippen LogP contribution in [-0.2, 0) is 33.6 Å². The lowest BCUT2D eigenvalue weighted by molar-refractivity contribution is -0.141. The fourth-order valence-corrected chi connectivity index (χ4v) is 2.89. The zero-order valence-electron chi connectivity index (χ0n) is 18.8. The number of hydrogen-bond donors (Lipinski definition) is 7. The van der Waals surface area contributed by atoms with Crippen LogP contribution in [0.25, 0.3) is 0 Å². The number of nitrogens with zero attached hydrogens (tertiary/aromatic N) is 2. The van der Waals surface area contributed by atoms with Crippen molar-refractivity contribution in [3.63, 3.8) is 0 Å². The number of hydrogen-bond acceptors (Lipinski definition) is 10. The second kappa shape index (κ2) is 16.7. The van der Waals surface area contributed by atoms with Crippen molar-refractivity contribution >= 4 is 67.0 Å². The minimum atomic E-state index is -1.20. The molecule has 0 aromatic carbocycles. The molecule has 0 aromatic heterocycles. The molecule has 0 fully saturated rings. The molecular weight excluding hydrogens is 490 g/mol. The molecular formula is C18H30N7O7S2. The van der Waals surface area contributed by atoms with Crippen LogP contribution in [0.2, 0.25) is 0 Å². The predicted molar refractivity (Wildman–Crippen MR) is 127 cm³/mol. The second-order valence-electron chi connectivity index (χ2n) is 6.81. The maximum Gasteiger partial charge on any atom is 0.247 e. The Balaban J connectivity index is 5.44. The Morgan fingerprint density at radius 2 is 1.26 bits per heavy atom. The summed E-state index contributed by atoms with van der Waals surface area (Å²) in [4.78, 5) is 84.8. The van der Waals surface area contributed by atoms with E-state index in [9.17, 15) is 33.6 Å². The number of thiol groups is 2. The van der Waals surface area contributed by atoms with Crippen molar-refractivity contribution in [2.45, 2.75) is 25.9 Å². The zero-order chi connectivity index (χ0) is 26.3. The molecule has 0 saturated heterocycles. The number of rotatable bonds is 15. The van der Waals surface area contributed by atoms with E-state index >= 15 is 0 Å². The van der Waals surface area contributed by atoms with Gasteiger partial charge in [0, 0.05) is 25.4 Å². The Bertz CT molecular complexity index is 769. The summed E-state index contributed by atoms with van der Waals surface area (Å²) in [5.74, 6) is -4.05. The first-order chi connectivity index (χ1) is 16.0. The van der Waals surface area contributed by atoms with E-state index < -0.39 is 60.6 Å². The van der Waals surface area contributed by atoms with Crippen LogP contribution in [0.1, 0.15) is 13.8 Å². The molecule has 0 aliphatic carbocycles. The maximum atomic E-state index is 12.8. The molecule has 6 N–H and O–H groups in total. The van der Waals surface area contributed by atoms with Crippen LogP contribution in [0.4, 0.5) is 0 Å². The number of carbonyl (C=O) groups excluding carboxylic acids is 7. The Kier molecular flexibility index (Phi) is 15.3. The number of nitrogens with one attached hydrogen (secondary N) is 4. The molecule has 14 nitrogen and oxygen atoms in total. The lowest BCUT2D eigenvalue weighted by Gasteiger charge is -2.28. The van der Waals surface area contributed by atoms with Gasteiger partial charge in [0.1, 0.15) is 18.6 Å². The van der Waals surface area contributed by atoms with Crippen LogP contribution in [-0.4, -0.2) is 108 Å². The summed E-state index contributed by atoms with van der Waals surface area (Å²) in [6.07, 6.45) is 1.54. The predicted octanol–water partition coefficient (Wildman–Crippen LogP) is -4.27. The Morgan fingerprint density at radius 3 is 1.68 bits per heavy atom. The lowest BCUT2D eigenvalue weighted by atomic mass is 10.2. The van der Waals surface area contributed by atoms with Gasteiger partial charge in [-0.05, 0) is 0 Å². The van der Waals surface area contributed by atoms with E-state index in [1.54, 1.807) is 6.29 Å². The molecule has 0 aliphatic rings. The van der Waals surface area contributed by atoms with Gasteiger partial charge in [-0.1, -0.05) is 0 Å². The fourth-order valence-electron chi connectivity index (χ4n) is 2.39. The molecule has 0 heterocycles. The molecule has 1 radical (unpaired) electrons. The maximum absolute atomic E-state index is 12.8. The number of carbonyl (C=O) groups is 6. The largest absolute Gasteiger partial charge is 0.342 e. The van der Waals surface area contributed by atoms with Gasteiger partial charge in [-0.25, -0.2) is 0 Å². The number of nitrogens with two attached hydrogens (primary N) is 1. The Hall–Kier alpha value is -2.85. The first-order valence-electron chi connectivity index (χ1n) is 9.92. The molecule has 0 rings (SSSR count). The van der Waals surface area contributed by atoms with Gasteiger partial charge >= 0.3 is 0 Å². The molecule has 2 unspecified atom stereocenters. The van der Waals surface area contributed by atoms with Gasteiger partial charge in [0.25, 0.3) is 0 Å². The van der Waals surface area contributed by atoms with E-state index in [0.29, 0.717) is 0 Å². The minimum Gasteiger partial charge on any atom is -0.342 e. The molecule has 34 heavy (non-hydrogen) atoms. The smallest absolute Gasteiger partial charge is 0.247 e. The first kappa shape index (κ1) is 31.1. The summed E-state index contributed by atoms with van der Waals surface area (Å²) in [7, 11) is 0. The molecule has 6 amide bonds. The van der Waals surface area contributed by atoms with Gasteiger partial charge < -0.3 is 36.8 Å². The van der Waals surface area contributed by atoms with Gasteiger partial charge in [0.2, 0.25) is 41.7 Å². The van der Waals surface area contributed by atoms with E-state index in [1.807, 2.05) is 0 Å². The molecule has 0 aliphatic heterocycles. The van der Waals surface area contributed by atoms with Gasteiger partial charge in [0.15, 0.2) is 0 Å². The van der Waals surface area contributed by atoms with Crippen molar-refractivity contribution in [2.75, 3.05) is 44.5 Å². The molecule has 0 spiro atoms. The average Bonchev–Trinajstić information content (AvgIpc) is 2.79. The van der Waals surface area contributed by atoms with E-state index in [-0.39, 0.29) is 31.4 Å². The zero-order valence-corrected chi connectivity index (χ0v) is 20.6. The number of amides is 6. The molecule has 191 valence electrons. The summed E-state index contributed by atoms with van der Waals surface area (Å²) < 4.78 is 0. The third-order valence-electron chi connectivity index (χ3n) is 4.07. The van der Waals surface area contributed by atoms with Crippen LogP contribution in [0, 0.1) is 0 Å². The van der Waals surface area contributed by atoms with E-state index in [2.05, 4.69) is 46.5 Å². The fraction of sp³-hybridized carbons (Fsp3) is 0.611. The Labute approximate surface area is 207 Å². The average molecular weight is 521 g/mol. The quantitative estimate of drug-likeness (QED) is 0.0831. The van der Waals surface area contributed by atoms with Crippen LogP contribution in [0.3, 0.4) is 0 Å². The lowest BCUT2D eigenvalue weighted by Crippen LogP contribution is -2.57. The summed E-state index contributed by atoms with van der Waals surface area (Å²) in [6, 6.07) is -2.33. The molecule has 0 aromatic rings. The second-order valence-corrected chi connectivity index (χ2v) is 7.54. The van der Waals surface area contributed by atoms with Gasteiger partial charge in [-0.3, -0.25) is 33.6 Å². The molecule has 16 heteroatoms. The SMILES string of the molecule is CC(=O)NCN(C[C]=O)C(=O)C(CS)NC(=O)CN(CNC(C)=O)C(=O)C(CS)NC(=O)CN. The van der Waals surface area contributed by atoms with E-state index in [4.69, 9.17) is 5.73 Å². The van der Waals surface area contributed by atoms with Crippen LogP contribution in [0.15, 0.2) is 0 Å². The highest BCUT2D eigenvalue weighted by molar-refractivity contribution is 7.80. The van der Waals surface area contributed by atoms with Crippen molar-refractivity contribution in [1.82, 2.24) is 31.1 Å². The van der Waals surface area contributed by atoms with Gasteiger partial charge in [-0.2, -0.15) is 25.3 Å². The monoisotopic (exact) mass is 520 g/mol. The summed E-state index contributed by atoms with van der Waals surface area (Å²) in [5.41, 5.74) is 5.24. The van der Waals surface area contributed by atoms with E-state index in [1.165, 1.54) is 13.8 Å². The topological polar surface area (TPSA) is 200 Å². The van der Waals surface area contributed by atoms with Crippen molar-refractivity contribution in [3.05, 3.63) is 0 Å². The van der Waals surface area contributed by atoms with Crippen molar-refractivity contribution < 1.29 is 33.6 Å². The van der Waals surface area contributed by atoms with Crippen LogP contribution >= 0.6 is 25.3 Å². The van der Waals surface area contributed by atoms with E-state index in [0.717, 1.165) is 9.80 Å². The highest BCUT2D eigenvalue weighted by Gasteiger charge is 2.29. The highest BCUT2D eigenvalue weighted by atomic mass is 32.1. The summed E-state index contributed by atoms with van der Waals surface area (Å²) >= 11 is 8.07. The summed E-state index contributed by atoms with van der Waals surface area (Å²) in [5, 5.41) is 9.50. The molecule has 0 bridgehead atoms. The minimum absolute atomic E-state index is 0.110. The Morgan fingerprint density at radius 1 is 0.824 bits per heavy atom. The standard InChI is InChI=1S/C18H30N7O7S2/c1-11(27)20-9-24(3-4-26)17(31)13(7-33)23-16(30)6-25(10-21-12(2)28)18(32)14(8-34)22-15(29)5-19/h13-14,33-34H,3,5-10,19H2,1-2H3,(H,20,27)(H,21,28)(H,22,29)(H,23,30). The molecule has 0 saturated carbocycles. The van der Waals surface area contributed by atoms with Crippen LogP contribution < -0.4 is 27.0 Å². The summed E-state index contributed by atoms with van der Waals surface area (Å²) in [6.45, 7) is 0.350. The van der Waals surface area contributed by atoms with Gasteiger partial charge in [-0.15, -0.1) is 0 Å². The van der Waals surface area contributed by atoms with Crippen LogP contribution in [0.5, 0.6) is 0 Å². The van der Waals surface area contributed by atoms with Gasteiger partial charge in [0.05, 0.1) is 26.4 Å². The normalized spacial score (nSPS) is 11.9. The third-order valence-corrected chi connectivity index (χ3v) is 4.80. The van der Waals surface area contributed by atoms with Crippen molar-refractivity contribution in [1.29, 1.82) is 0 Å². The van der Waals surface area contributed by atoms with Crippen molar-refractivity contribution in [3.8, 4) is 0 Å².